The zero-order valence-electron chi connectivity index (χ0n) is 26.3. The quantitative estimate of drug-likeness (QED) is 0.328. The maximum atomic E-state index is 14.5. The molecular formula is C34H50N4O6. The van der Waals surface area contributed by atoms with E-state index in [1.807, 2.05) is 0 Å². The Morgan fingerprint density at radius 1 is 0.455 bits per heavy atom. The standard InChI is InChI=1S/C34H50N4O6/c39-29-21-27(31(41)37(29)25-17-9-3-10-18-25)35(23-13-5-1-6-14-23)33(43)34(44)36(24-15-7-2-8-16-24)28-22-30(40)38(32(28)42)26-19-11-4-12-20-26/h23-28H,1-22H2. The molecule has 0 aromatic carbocycles. The number of nitrogens with zero attached hydrogens (tertiary/aromatic N) is 4. The zero-order valence-corrected chi connectivity index (χ0v) is 26.3. The van der Waals surface area contributed by atoms with Crippen molar-refractivity contribution >= 4 is 35.4 Å². The van der Waals surface area contributed by atoms with Gasteiger partial charge in [0.05, 0.1) is 12.8 Å². The largest absolute Gasteiger partial charge is 0.319 e. The second-order valence-electron chi connectivity index (χ2n) is 14.2. The molecule has 242 valence electrons. The first kappa shape index (κ1) is 31.2. The summed E-state index contributed by atoms with van der Waals surface area (Å²) in [6.07, 6.45) is 17.4. The average Bonchev–Trinajstić information content (AvgIpc) is 3.51. The Balaban J connectivity index is 1.29. The van der Waals surface area contributed by atoms with E-state index in [2.05, 4.69) is 0 Å². The van der Waals surface area contributed by atoms with Crippen LogP contribution in [0.4, 0.5) is 0 Å². The number of hydrogen-bond acceptors (Lipinski definition) is 6. The van der Waals surface area contributed by atoms with Crippen LogP contribution in [0, 0.1) is 0 Å². The molecule has 2 heterocycles. The average molecular weight is 611 g/mol. The Kier molecular flexibility index (Phi) is 9.71. The third kappa shape index (κ3) is 6.06. The zero-order chi connectivity index (χ0) is 30.8. The van der Waals surface area contributed by atoms with Gasteiger partial charge in [-0.05, 0) is 51.4 Å². The summed E-state index contributed by atoms with van der Waals surface area (Å²) in [6.45, 7) is 0. The van der Waals surface area contributed by atoms with E-state index in [4.69, 9.17) is 0 Å². The maximum Gasteiger partial charge on any atom is 0.313 e. The summed E-state index contributed by atoms with van der Waals surface area (Å²) in [5, 5.41) is 0. The molecule has 0 N–H and O–H groups in total. The molecule has 6 amide bonds. The molecule has 0 bridgehead atoms. The first-order valence-electron chi connectivity index (χ1n) is 17.7. The van der Waals surface area contributed by atoms with Crippen molar-refractivity contribution in [1.29, 1.82) is 0 Å². The summed E-state index contributed by atoms with van der Waals surface area (Å²) in [5.41, 5.74) is 0. The summed E-state index contributed by atoms with van der Waals surface area (Å²) in [5.74, 6) is -2.78. The predicted octanol–water partition coefficient (Wildman–Crippen LogP) is 4.23. The van der Waals surface area contributed by atoms with Crippen molar-refractivity contribution < 1.29 is 28.8 Å². The molecule has 2 unspecified atom stereocenters. The lowest BCUT2D eigenvalue weighted by molar-refractivity contribution is -0.162. The molecule has 6 rings (SSSR count). The summed E-state index contributed by atoms with van der Waals surface area (Å²) in [6, 6.07) is -2.87. The number of carbonyl (C=O) groups excluding carboxylic acids is 6. The van der Waals surface area contributed by atoms with Crippen LogP contribution < -0.4 is 0 Å². The molecule has 0 aromatic heterocycles. The van der Waals surface area contributed by atoms with E-state index in [0.29, 0.717) is 25.7 Å². The van der Waals surface area contributed by atoms with Crippen LogP contribution in [-0.4, -0.2) is 91.3 Å². The van der Waals surface area contributed by atoms with Crippen LogP contribution in [0.1, 0.15) is 141 Å². The van der Waals surface area contributed by atoms with Crippen LogP contribution in [0.15, 0.2) is 0 Å². The first-order valence-corrected chi connectivity index (χ1v) is 17.7. The van der Waals surface area contributed by atoms with E-state index in [1.165, 1.54) is 19.6 Å². The maximum absolute atomic E-state index is 14.5. The second kappa shape index (κ2) is 13.7. The van der Waals surface area contributed by atoms with Crippen molar-refractivity contribution in [3.05, 3.63) is 0 Å². The molecule has 4 saturated carbocycles. The van der Waals surface area contributed by atoms with Crippen molar-refractivity contribution in [3.8, 4) is 0 Å². The van der Waals surface area contributed by atoms with Gasteiger partial charge in [-0.15, -0.1) is 0 Å². The molecule has 10 heteroatoms. The second-order valence-corrected chi connectivity index (χ2v) is 14.2. The van der Waals surface area contributed by atoms with Crippen LogP contribution >= 0.6 is 0 Å². The lowest BCUT2D eigenvalue weighted by Crippen LogP contribution is -2.60. The normalized spacial score (nSPS) is 28.6. The monoisotopic (exact) mass is 610 g/mol. The van der Waals surface area contributed by atoms with Crippen molar-refractivity contribution in [2.75, 3.05) is 0 Å². The lowest BCUT2D eigenvalue weighted by Gasteiger charge is -2.41. The lowest BCUT2D eigenvalue weighted by atomic mass is 9.91. The van der Waals surface area contributed by atoms with Gasteiger partial charge in [-0.25, -0.2) is 0 Å². The van der Waals surface area contributed by atoms with Gasteiger partial charge >= 0.3 is 11.8 Å². The number of imide groups is 2. The summed E-state index contributed by atoms with van der Waals surface area (Å²) in [4.78, 5) is 89.3. The molecule has 0 aromatic rings. The minimum absolute atomic E-state index is 0.0927. The Labute approximate surface area is 261 Å². The number of amides is 6. The Bertz CT molecular complexity index is 1040. The van der Waals surface area contributed by atoms with Gasteiger partial charge in [-0.2, -0.15) is 0 Å². The van der Waals surface area contributed by atoms with Crippen molar-refractivity contribution in [3.63, 3.8) is 0 Å². The van der Waals surface area contributed by atoms with E-state index in [1.54, 1.807) is 0 Å². The van der Waals surface area contributed by atoms with E-state index in [0.717, 1.165) is 103 Å². The third-order valence-electron chi connectivity index (χ3n) is 11.5. The topological polar surface area (TPSA) is 115 Å². The smallest absolute Gasteiger partial charge is 0.313 e. The third-order valence-corrected chi connectivity index (χ3v) is 11.5. The fourth-order valence-electron chi connectivity index (χ4n) is 9.21. The number of likely N-dealkylation sites (tertiary alicyclic amines) is 2. The number of hydrogen-bond donors (Lipinski definition) is 0. The molecule has 4 aliphatic carbocycles. The highest BCUT2D eigenvalue weighted by atomic mass is 16.2. The highest BCUT2D eigenvalue weighted by Crippen LogP contribution is 2.36. The SMILES string of the molecule is O=C1CC(N(C(=O)C(=O)N(C2CCCCC2)C2CC(=O)N(C3CCCCC3)C2=O)C2CCCCC2)C(=O)N1C1CCCCC1. The van der Waals surface area contributed by atoms with Crippen molar-refractivity contribution in [2.45, 2.75) is 178 Å². The van der Waals surface area contributed by atoms with Gasteiger partial charge in [-0.3, -0.25) is 38.6 Å². The van der Waals surface area contributed by atoms with Gasteiger partial charge in [0, 0.05) is 24.2 Å². The van der Waals surface area contributed by atoms with Crippen molar-refractivity contribution in [1.82, 2.24) is 19.6 Å². The van der Waals surface area contributed by atoms with Crippen LogP contribution in [0.25, 0.3) is 0 Å². The van der Waals surface area contributed by atoms with Gasteiger partial charge in [-0.1, -0.05) is 77.0 Å². The van der Waals surface area contributed by atoms with E-state index in [9.17, 15) is 28.8 Å². The van der Waals surface area contributed by atoms with E-state index in [-0.39, 0.29) is 60.6 Å². The molecule has 6 aliphatic rings. The van der Waals surface area contributed by atoms with Crippen LogP contribution in [0.5, 0.6) is 0 Å². The van der Waals surface area contributed by atoms with Gasteiger partial charge in [0.15, 0.2) is 0 Å². The van der Waals surface area contributed by atoms with E-state index >= 15 is 0 Å². The molecule has 44 heavy (non-hydrogen) atoms. The summed E-state index contributed by atoms with van der Waals surface area (Å²) in [7, 11) is 0. The van der Waals surface area contributed by atoms with E-state index < -0.39 is 23.9 Å². The van der Waals surface area contributed by atoms with Gasteiger partial charge in [0.2, 0.25) is 11.8 Å². The Hall–Kier alpha value is -2.78. The fraction of sp³-hybridized carbons (Fsp3) is 0.824. The molecule has 0 radical (unpaired) electrons. The molecule has 6 fully saturated rings. The summed E-state index contributed by atoms with van der Waals surface area (Å²) >= 11 is 0. The molecule has 2 aliphatic heterocycles. The minimum Gasteiger partial charge on any atom is -0.319 e. The highest BCUT2D eigenvalue weighted by molar-refractivity contribution is 6.36. The Morgan fingerprint density at radius 2 is 0.750 bits per heavy atom. The van der Waals surface area contributed by atoms with Crippen LogP contribution in [0.3, 0.4) is 0 Å². The van der Waals surface area contributed by atoms with Gasteiger partial charge in [0.1, 0.15) is 12.1 Å². The fourth-order valence-corrected chi connectivity index (χ4v) is 9.21. The minimum atomic E-state index is -0.989. The molecule has 0 spiro atoms. The summed E-state index contributed by atoms with van der Waals surface area (Å²) < 4.78 is 0. The predicted molar refractivity (Wildman–Crippen MR) is 162 cm³/mol. The van der Waals surface area contributed by atoms with Crippen LogP contribution in [-0.2, 0) is 28.8 Å². The number of carbonyl (C=O) groups is 6. The molecule has 2 atom stereocenters. The highest BCUT2D eigenvalue weighted by Gasteiger charge is 2.53. The molecular weight excluding hydrogens is 560 g/mol. The first-order chi connectivity index (χ1) is 21.4. The van der Waals surface area contributed by atoms with Crippen molar-refractivity contribution in [2.24, 2.45) is 0 Å². The molecule has 10 nitrogen and oxygen atoms in total. The number of rotatable bonds is 6. The van der Waals surface area contributed by atoms with Crippen LogP contribution in [0.2, 0.25) is 0 Å². The molecule has 2 saturated heterocycles. The Morgan fingerprint density at radius 3 is 1.07 bits per heavy atom. The van der Waals surface area contributed by atoms with Gasteiger partial charge < -0.3 is 9.80 Å². The van der Waals surface area contributed by atoms with Gasteiger partial charge in [0.25, 0.3) is 11.8 Å².